The zero-order chi connectivity index (χ0) is 12.4. The lowest BCUT2D eigenvalue weighted by Crippen LogP contribution is -2.23. The van der Waals surface area contributed by atoms with Gasteiger partial charge < -0.3 is 5.11 Å². The Kier molecular flexibility index (Phi) is 3.02. The molecule has 17 heavy (non-hydrogen) atoms. The van der Waals surface area contributed by atoms with Crippen LogP contribution in [0.4, 0.5) is 0 Å². The van der Waals surface area contributed by atoms with Gasteiger partial charge in [0, 0.05) is 16.7 Å². The van der Waals surface area contributed by atoms with Crippen LogP contribution in [-0.4, -0.2) is 22.8 Å². The normalized spacial score (nSPS) is 16.9. The molecule has 1 N–H and O–H groups in total. The van der Waals surface area contributed by atoms with E-state index in [1.165, 1.54) is 12.2 Å². The van der Waals surface area contributed by atoms with Gasteiger partial charge in [-0.15, -0.1) is 0 Å². The summed E-state index contributed by atoms with van der Waals surface area (Å²) in [6.07, 6.45) is 3.31. The van der Waals surface area contributed by atoms with Crippen LogP contribution >= 0.6 is 0 Å². The third-order valence-electron chi connectivity index (χ3n) is 2.68. The van der Waals surface area contributed by atoms with Gasteiger partial charge in [-0.1, -0.05) is 36.4 Å². The fourth-order valence-electron chi connectivity index (χ4n) is 1.84. The van der Waals surface area contributed by atoms with Crippen LogP contribution in [0.5, 0.6) is 0 Å². The smallest absolute Gasteiger partial charge is 0.192 e. The third-order valence-corrected chi connectivity index (χ3v) is 2.68. The highest BCUT2D eigenvalue weighted by Crippen LogP contribution is 2.23. The van der Waals surface area contributed by atoms with Crippen molar-refractivity contribution in [2.24, 2.45) is 0 Å². The molecule has 0 fully saturated rings. The Hall–Kier alpha value is -2.00. The second kappa shape index (κ2) is 4.47. The number of aliphatic hydroxyl groups is 1. The van der Waals surface area contributed by atoms with E-state index in [0.717, 1.165) is 0 Å². The molecule has 3 heteroatoms. The molecular weight excluding hydrogens is 216 g/mol. The lowest BCUT2D eigenvalue weighted by atomic mass is 9.87. The summed E-state index contributed by atoms with van der Waals surface area (Å²) in [4.78, 5) is 23.9. The molecule has 0 bridgehead atoms. The Balaban J connectivity index is 2.48. The number of ketones is 2. The summed E-state index contributed by atoms with van der Waals surface area (Å²) in [5.74, 6) is -0.524. The van der Waals surface area contributed by atoms with Crippen LogP contribution < -0.4 is 0 Å². The Bertz CT molecular complexity index is 538. The summed E-state index contributed by atoms with van der Waals surface area (Å²) in [7, 11) is 0. The van der Waals surface area contributed by atoms with Gasteiger partial charge in [-0.05, 0) is 13.0 Å². The topological polar surface area (TPSA) is 54.4 Å². The molecule has 2 rings (SSSR count). The Labute approximate surface area is 99.1 Å². The van der Waals surface area contributed by atoms with Gasteiger partial charge in [0.05, 0.1) is 0 Å². The molecule has 1 aliphatic carbocycles. The van der Waals surface area contributed by atoms with Gasteiger partial charge in [0.2, 0.25) is 0 Å². The molecule has 1 aliphatic rings. The highest BCUT2D eigenvalue weighted by molar-refractivity contribution is 6.24. The molecule has 1 aromatic rings. The van der Waals surface area contributed by atoms with Crippen LogP contribution in [-0.2, 0) is 0 Å². The molecule has 0 aromatic heterocycles. The van der Waals surface area contributed by atoms with Crippen molar-refractivity contribution < 1.29 is 14.7 Å². The molecule has 1 aromatic carbocycles. The number of Topliss-reactive ketones (excluding diaryl/α,β-unsaturated/α-hetero) is 1. The van der Waals surface area contributed by atoms with E-state index >= 15 is 0 Å². The van der Waals surface area contributed by atoms with Crippen molar-refractivity contribution in [2.45, 2.75) is 13.0 Å². The molecule has 0 spiro atoms. The van der Waals surface area contributed by atoms with Crippen molar-refractivity contribution in [3.63, 3.8) is 0 Å². The first-order valence-corrected chi connectivity index (χ1v) is 5.35. The van der Waals surface area contributed by atoms with Gasteiger partial charge in [-0.2, -0.15) is 0 Å². The zero-order valence-corrected chi connectivity index (χ0v) is 9.38. The first-order valence-electron chi connectivity index (χ1n) is 5.35. The van der Waals surface area contributed by atoms with E-state index in [4.69, 9.17) is 0 Å². The molecule has 1 atom stereocenters. The first kappa shape index (κ1) is 11.5. The lowest BCUT2D eigenvalue weighted by Gasteiger charge is -2.16. The lowest BCUT2D eigenvalue weighted by molar-refractivity contribution is 0.0960. The number of hydrogen-bond donors (Lipinski definition) is 1. The molecule has 86 valence electrons. The van der Waals surface area contributed by atoms with Gasteiger partial charge >= 0.3 is 0 Å². The van der Waals surface area contributed by atoms with E-state index in [1.54, 1.807) is 37.3 Å². The molecule has 0 amide bonds. The fourth-order valence-corrected chi connectivity index (χ4v) is 1.84. The van der Waals surface area contributed by atoms with E-state index < -0.39 is 6.10 Å². The number of carbonyl (C=O) groups is 2. The van der Waals surface area contributed by atoms with E-state index in [-0.39, 0.29) is 17.1 Å². The van der Waals surface area contributed by atoms with E-state index in [9.17, 15) is 14.7 Å². The zero-order valence-electron chi connectivity index (χ0n) is 9.38. The highest BCUT2D eigenvalue weighted by atomic mass is 16.3. The highest BCUT2D eigenvalue weighted by Gasteiger charge is 2.27. The Morgan fingerprint density at radius 1 is 1.18 bits per heavy atom. The quantitative estimate of drug-likeness (QED) is 0.787. The molecule has 0 saturated carbocycles. The molecular formula is C14H12O3. The first-order chi connectivity index (χ1) is 8.15. The van der Waals surface area contributed by atoms with E-state index in [1.807, 2.05) is 0 Å². The minimum absolute atomic E-state index is 0.131. The monoisotopic (exact) mass is 228 g/mol. The van der Waals surface area contributed by atoms with E-state index in [2.05, 4.69) is 0 Å². The largest absolute Gasteiger partial charge is 0.384 e. The number of carbonyl (C=O) groups excluding carboxylic acids is 2. The number of fused-ring (bicyclic) bond motifs is 1. The van der Waals surface area contributed by atoms with Crippen molar-refractivity contribution in [2.75, 3.05) is 0 Å². The minimum atomic E-state index is -1.02. The maximum atomic E-state index is 12.1. The van der Waals surface area contributed by atoms with Crippen molar-refractivity contribution >= 4 is 11.6 Å². The predicted octanol–water partition coefficient (Wildman–Crippen LogP) is 1.93. The minimum Gasteiger partial charge on any atom is -0.384 e. The average molecular weight is 228 g/mol. The Morgan fingerprint density at radius 2 is 1.82 bits per heavy atom. The van der Waals surface area contributed by atoms with Crippen LogP contribution in [0.25, 0.3) is 0 Å². The van der Waals surface area contributed by atoms with E-state index in [0.29, 0.717) is 11.1 Å². The maximum Gasteiger partial charge on any atom is 0.192 e. The summed E-state index contributed by atoms with van der Waals surface area (Å²) in [6, 6.07) is 6.63. The average Bonchev–Trinajstić information content (AvgIpc) is 2.34. The second-order valence-electron chi connectivity index (χ2n) is 3.81. The van der Waals surface area contributed by atoms with Gasteiger partial charge in [-0.25, -0.2) is 0 Å². The van der Waals surface area contributed by atoms with Gasteiger partial charge in [0.15, 0.2) is 11.6 Å². The molecule has 0 saturated heterocycles. The predicted molar refractivity (Wildman–Crippen MR) is 64.0 cm³/mol. The maximum absolute atomic E-state index is 12.1. The van der Waals surface area contributed by atoms with Crippen LogP contribution in [0.15, 0.2) is 48.1 Å². The number of benzene rings is 1. The molecule has 0 aliphatic heterocycles. The molecule has 1 unspecified atom stereocenters. The van der Waals surface area contributed by atoms with Crippen molar-refractivity contribution in [1.29, 1.82) is 0 Å². The Morgan fingerprint density at radius 3 is 2.47 bits per heavy atom. The van der Waals surface area contributed by atoms with Crippen molar-refractivity contribution in [1.82, 2.24) is 0 Å². The number of hydrogen-bond acceptors (Lipinski definition) is 3. The van der Waals surface area contributed by atoms with Crippen LogP contribution in [0.3, 0.4) is 0 Å². The van der Waals surface area contributed by atoms with Crippen LogP contribution in [0.1, 0.15) is 27.6 Å². The second-order valence-corrected chi connectivity index (χ2v) is 3.81. The number of aliphatic hydroxyl groups excluding tert-OH is 1. The summed E-state index contributed by atoms with van der Waals surface area (Å²) in [5, 5.41) is 9.76. The summed E-state index contributed by atoms with van der Waals surface area (Å²) in [6.45, 7) is 1.74. The van der Waals surface area contributed by atoms with Crippen LogP contribution in [0.2, 0.25) is 0 Å². The fraction of sp³-hybridized carbons (Fsp3) is 0.143. The SMILES string of the molecule is CC=CC(O)C1=CC(=O)c2ccccc2C1=O. The third kappa shape index (κ3) is 1.97. The summed E-state index contributed by atoms with van der Waals surface area (Å²) >= 11 is 0. The molecule has 0 radical (unpaired) electrons. The number of rotatable bonds is 2. The van der Waals surface area contributed by atoms with Gasteiger partial charge in [-0.3, -0.25) is 9.59 Å². The molecule has 3 nitrogen and oxygen atoms in total. The van der Waals surface area contributed by atoms with Crippen molar-refractivity contribution in [3.8, 4) is 0 Å². The standard InChI is InChI=1S/C14H12O3/c1-2-5-12(15)11-8-13(16)9-6-3-4-7-10(9)14(11)17/h2-8,12,15H,1H3. The van der Waals surface area contributed by atoms with Gasteiger partial charge in [0.25, 0.3) is 0 Å². The van der Waals surface area contributed by atoms with Gasteiger partial charge in [0.1, 0.15) is 6.10 Å². The molecule has 0 heterocycles. The van der Waals surface area contributed by atoms with Crippen molar-refractivity contribution in [3.05, 3.63) is 59.2 Å². The summed E-state index contributed by atoms with van der Waals surface area (Å²) < 4.78 is 0. The van der Waals surface area contributed by atoms with Crippen LogP contribution in [0, 0.1) is 0 Å². The number of allylic oxidation sites excluding steroid dienone is 2. The summed E-state index contributed by atoms with van der Waals surface area (Å²) in [5.41, 5.74) is 0.888.